The molecule has 1 fully saturated rings. The molecule has 0 unspecified atom stereocenters. The highest BCUT2D eigenvalue weighted by molar-refractivity contribution is 8.00. The predicted molar refractivity (Wildman–Crippen MR) is 88.9 cm³/mol. The summed E-state index contributed by atoms with van der Waals surface area (Å²) in [5.74, 6) is -0.904. The molecule has 22 heavy (non-hydrogen) atoms. The molecule has 0 saturated heterocycles. The first-order chi connectivity index (χ1) is 10.7. The lowest BCUT2D eigenvalue weighted by Crippen LogP contribution is -2.14. The monoisotopic (exact) mass is 315 g/mol. The SMILES string of the molecule is O=C(Nc1ccccc1SC1CCCC1)c1ccccc1F. The Morgan fingerprint density at radius 1 is 1.05 bits per heavy atom. The molecule has 1 saturated carbocycles. The minimum atomic E-state index is -0.499. The van der Waals surface area contributed by atoms with E-state index in [9.17, 15) is 9.18 Å². The number of halogens is 1. The van der Waals surface area contributed by atoms with E-state index in [2.05, 4.69) is 5.32 Å². The molecule has 2 aromatic carbocycles. The van der Waals surface area contributed by atoms with Gasteiger partial charge in [0, 0.05) is 10.1 Å². The Bertz CT molecular complexity index is 668. The Hall–Kier alpha value is -1.81. The summed E-state index contributed by atoms with van der Waals surface area (Å²) in [7, 11) is 0. The number of rotatable bonds is 4. The van der Waals surface area contributed by atoms with E-state index >= 15 is 0 Å². The van der Waals surface area contributed by atoms with E-state index in [1.165, 1.54) is 37.8 Å². The van der Waals surface area contributed by atoms with Gasteiger partial charge in [0.1, 0.15) is 5.82 Å². The number of thioether (sulfide) groups is 1. The molecule has 4 heteroatoms. The van der Waals surface area contributed by atoms with Crippen molar-refractivity contribution >= 4 is 23.4 Å². The molecule has 2 nitrogen and oxygen atoms in total. The fraction of sp³-hybridized carbons (Fsp3) is 0.278. The molecular formula is C18H18FNOS. The summed E-state index contributed by atoms with van der Waals surface area (Å²) in [5.41, 5.74) is 0.829. The molecule has 1 aliphatic rings. The van der Waals surface area contributed by atoms with Crippen LogP contribution in [0.15, 0.2) is 53.4 Å². The molecular weight excluding hydrogens is 297 g/mol. The fourth-order valence-corrected chi connectivity index (χ4v) is 4.02. The van der Waals surface area contributed by atoms with Crippen LogP contribution in [-0.4, -0.2) is 11.2 Å². The van der Waals surface area contributed by atoms with Gasteiger partial charge in [0.15, 0.2) is 0 Å². The summed E-state index contributed by atoms with van der Waals surface area (Å²) in [4.78, 5) is 13.3. The average molecular weight is 315 g/mol. The van der Waals surface area contributed by atoms with Crippen LogP contribution >= 0.6 is 11.8 Å². The molecule has 114 valence electrons. The maximum Gasteiger partial charge on any atom is 0.258 e. The van der Waals surface area contributed by atoms with Crippen LogP contribution in [0.2, 0.25) is 0 Å². The lowest BCUT2D eigenvalue weighted by molar-refractivity contribution is 0.102. The van der Waals surface area contributed by atoms with Gasteiger partial charge in [0.25, 0.3) is 5.91 Å². The summed E-state index contributed by atoms with van der Waals surface area (Å²) in [6.07, 6.45) is 5.00. The Balaban J connectivity index is 1.77. The highest BCUT2D eigenvalue weighted by Gasteiger charge is 2.19. The van der Waals surface area contributed by atoms with Crippen LogP contribution in [0.5, 0.6) is 0 Å². The van der Waals surface area contributed by atoms with Crippen LogP contribution in [0, 0.1) is 5.82 Å². The Labute approximate surface area is 134 Å². The zero-order chi connectivity index (χ0) is 15.4. The topological polar surface area (TPSA) is 29.1 Å². The van der Waals surface area contributed by atoms with Crippen molar-refractivity contribution in [2.45, 2.75) is 35.8 Å². The second-order valence-electron chi connectivity index (χ2n) is 5.45. The standard InChI is InChI=1S/C18H18FNOS/c19-15-10-4-3-9-14(15)18(21)20-16-11-5-6-12-17(16)22-13-7-1-2-8-13/h3-6,9-13H,1-2,7-8H2,(H,20,21). The van der Waals surface area contributed by atoms with Crippen molar-refractivity contribution in [3.8, 4) is 0 Å². The highest BCUT2D eigenvalue weighted by atomic mass is 32.2. The summed E-state index contributed by atoms with van der Waals surface area (Å²) in [6.45, 7) is 0. The molecule has 3 rings (SSSR count). The number of para-hydroxylation sites is 1. The maximum atomic E-state index is 13.7. The first-order valence-corrected chi connectivity index (χ1v) is 8.43. The fourth-order valence-electron chi connectivity index (χ4n) is 2.69. The van der Waals surface area contributed by atoms with Crippen LogP contribution in [0.25, 0.3) is 0 Å². The molecule has 0 atom stereocenters. The van der Waals surface area contributed by atoms with Gasteiger partial charge in [-0.15, -0.1) is 11.8 Å². The lowest BCUT2D eigenvalue weighted by atomic mass is 10.2. The van der Waals surface area contributed by atoms with Crippen LogP contribution in [-0.2, 0) is 0 Å². The summed E-state index contributed by atoms with van der Waals surface area (Å²) < 4.78 is 13.7. The number of carbonyl (C=O) groups is 1. The van der Waals surface area contributed by atoms with Crippen LogP contribution in [0.4, 0.5) is 10.1 Å². The van der Waals surface area contributed by atoms with E-state index in [0.29, 0.717) is 5.25 Å². The van der Waals surface area contributed by atoms with Gasteiger partial charge in [-0.2, -0.15) is 0 Å². The number of benzene rings is 2. The van der Waals surface area contributed by atoms with E-state index in [1.54, 1.807) is 12.1 Å². The number of hydrogen-bond acceptors (Lipinski definition) is 2. The third-order valence-electron chi connectivity index (χ3n) is 3.85. The van der Waals surface area contributed by atoms with Gasteiger partial charge in [-0.1, -0.05) is 37.1 Å². The molecule has 0 radical (unpaired) electrons. The minimum absolute atomic E-state index is 0.0724. The highest BCUT2D eigenvalue weighted by Crippen LogP contribution is 2.38. The predicted octanol–water partition coefficient (Wildman–Crippen LogP) is 5.11. The van der Waals surface area contributed by atoms with Crippen molar-refractivity contribution in [2.75, 3.05) is 5.32 Å². The van der Waals surface area contributed by atoms with Gasteiger partial charge in [-0.25, -0.2) is 4.39 Å². The molecule has 0 aromatic heterocycles. The van der Waals surface area contributed by atoms with Gasteiger partial charge in [0.2, 0.25) is 0 Å². The molecule has 2 aromatic rings. The first-order valence-electron chi connectivity index (χ1n) is 7.55. The number of nitrogens with one attached hydrogen (secondary N) is 1. The van der Waals surface area contributed by atoms with E-state index in [0.717, 1.165) is 10.6 Å². The molecule has 0 aliphatic heterocycles. The van der Waals surface area contributed by atoms with Crippen molar-refractivity contribution in [3.05, 3.63) is 59.9 Å². The molecule has 0 bridgehead atoms. The molecule has 1 N–H and O–H groups in total. The minimum Gasteiger partial charge on any atom is -0.321 e. The number of carbonyl (C=O) groups excluding carboxylic acids is 1. The van der Waals surface area contributed by atoms with Gasteiger partial charge in [-0.05, 0) is 37.1 Å². The zero-order valence-corrected chi connectivity index (χ0v) is 13.0. The number of anilines is 1. The Morgan fingerprint density at radius 2 is 1.73 bits per heavy atom. The lowest BCUT2D eigenvalue weighted by Gasteiger charge is -2.14. The summed E-state index contributed by atoms with van der Waals surface area (Å²) in [6, 6.07) is 13.8. The van der Waals surface area contributed by atoms with Crippen molar-refractivity contribution < 1.29 is 9.18 Å². The van der Waals surface area contributed by atoms with Crippen molar-refractivity contribution in [2.24, 2.45) is 0 Å². The van der Waals surface area contributed by atoms with Crippen molar-refractivity contribution in [3.63, 3.8) is 0 Å². The average Bonchev–Trinajstić information content (AvgIpc) is 3.02. The second kappa shape index (κ2) is 6.97. The Kier molecular flexibility index (Phi) is 4.78. The third kappa shape index (κ3) is 3.50. The van der Waals surface area contributed by atoms with Crippen LogP contribution in [0.1, 0.15) is 36.0 Å². The van der Waals surface area contributed by atoms with Gasteiger partial charge in [-0.3, -0.25) is 4.79 Å². The molecule has 1 amide bonds. The van der Waals surface area contributed by atoms with Gasteiger partial charge >= 0.3 is 0 Å². The largest absolute Gasteiger partial charge is 0.321 e. The van der Waals surface area contributed by atoms with Crippen molar-refractivity contribution in [1.82, 2.24) is 0 Å². The van der Waals surface area contributed by atoms with E-state index in [-0.39, 0.29) is 5.56 Å². The number of hydrogen-bond donors (Lipinski definition) is 1. The van der Waals surface area contributed by atoms with E-state index in [1.807, 2.05) is 36.0 Å². The van der Waals surface area contributed by atoms with Gasteiger partial charge in [0.05, 0.1) is 11.3 Å². The molecule has 0 spiro atoms. The Morgan fingerprint density at radius 3 is 2.50 bits per heavy atom. The number of amides is 1. The quantitative estimate of drug-likeness (QED) is 0.849. The van der Waals surface area contributed by atoms with Gasteiger partial charge < -0.3 is 5.32 Å². The van der Waals surface area contributed by atoms with Crippen molar-refractivity contribution in [1.29, 1.82) is 0 Å². The third-order valence-corrected chi connectivity index (χ3v) is 5.26. The first kappa shape index (κ1) is 15.1. The molecule has 0 heterocycles. The van der Waals surface area contributed by atoms with Crippen LogP contribution in [0.3, 0.4) is 0 Å². The second-order valence-corrected chi connectivity index (χ2v) is 6.80. The summed E-state index contributed by atoms with van der Waals surface area (Å²) >= 11 is 1.81. The van der Waals surface area contributed by atoms with E-state index < -0.39 is 11.7 Å². The van der Waals surface area contributed by atoms with Crippen LogP contribution < -0.4 is 5.32 Å². The maximum absolute atomic E-state index is 13.7. The zero-order valence-electron chi connectivity index (χ0n) is 12.2. The summed E-state index contributed by atoms with van der Waals surface area (Å²) in [5, 5.41) is 3.46. The molecule has 1 aliphatic carbocycles. The normalized spacial score (nSPS) is 15.0. The van der Waals surface area contributed by atoms with E-state index in [4.69, 9.17) is 0 Å². The smallest absolute Gasteiger partial charge is 0.258 e.